The van der Waals surface area contributed by atoms with Crippen LogP contribution in [0.3, 0.4) is 0 Å². The molecule has 0 spiro atoms. The first kappa shape index (κ1) is 16.5. The first-order chi connectivity index (χ1) is 9.52. The Balaban J connectivity index is 2.40. The number of rotatable bonds is 8. The maximum absolute atomic E-state index is 11.8. The molecule has 0 aromatic heterocycles. The molecule has 112 valence electrons. The van der Waals surface area contributed by atoms with Crippen LogP contribution in [0.25, 0.3) is 0 Å². The second-order valence-electron chi connectivity index (χ2n) is 5.42. The molecule has 1 aromatic carbocycles. The van der Waals surface area contributed by atoms with Crippen LogP contribution in [0.15, 0.2) is 24.3 Å². The zero-order valence-corrected chi connectivity index (χ0v) is 12.7. The van der Waals surface area contributed by atoms with Crippen LogP contribution < -0.4 is 15.8 Å². The van der Waals surface area contributed by atoms with Crippen molar-refractivity contribution in [1.82, 2.24) is 5.32 Å². The lowest BCUT2D eigenvalue weighted by Crippen LogP contribution is -2.37. The third-order valence-electron chi connectivity index (χ3n) is 3.06. The van der Waals surface area contributed by atoms with Crippen LogP contribution in [0.1, 0.15) is 32.8 Å². The van der Waals surface area contributed by atoms with Crippen molar-refractivity contribution in [2.45, 2.75) is 39.7 Å². The molecule has 0 aliphatic heterocycles. The van der Waals surface area contributed by atoms with E-state index >= 15 is 0 Å². The maximum Gasteiger partial charge on any atom is 0.260 e. The molecular weight excluding hydrogens is 252 g/mol. The summed E-state index contributed by atoms with van der Waals surface area (Å²) >= 11 is 0. The van der Waals surface area contributed by atoms with Crippen LogP contribution in [0, 0.1) is 5.92 Å². The lowest BCUT2D eigenvalue weighted by molar-refractivity contribution is -0.127. The van der Waals surface area contributed by atoms with Crippen LogP contribution in [0.4, 0.5) is 0 Å². The summed E-state index contributed by atoms with van der Waals surface area (Å²) in [6.45, 7) is 7.36. The fourth-order valence-corrected chi connectivity index (χ4v) is 1.79. The quantitative estimate of drug-likeness (QED) is 0.765. The Kier molecular flexibility index (Phi) is 7.09. The molecular formula is C16H26N2O2. The molecule has 0 bridgehead atoms. The first-order valence-electron chi connectivity index (χ1n) is 7.26. The third-order valence-corrected chi connectivity index (χ3v) is 3.06. The van der Waals surface area contributed by atoms with Gasteiger partial charge in [-0.05, 0) is 49.9 Å². The highest BCUT2D eigenvalue weighted by atomic mass is 16.5. The minimum atomic E-state index is -0.484. The molecule has 0 saturated carbocycles. The van der Waals surface area contributed by atoms with Crippen molar-refractivity contribution in [1.29, 1.82) is 0 Å². The van der Waals surface area contributed by atoms with Crippen LogP contribution in [0.5, 0.6) is 5.75 Å². The zero-order valence-electron chi connectivity index (χ0n) is 12.7. The van der Waals surface area contributed by atoms with Gasteiger partial charge in [-0.1, -0.05) is 26.0 Å². The minimum Gasteiger partial charge on any atom is -0.481 e. The first-order valence-corrected chi connectivity index (χ1v) is 7.26. The maximum atomic E-state index is 11.8. The summed E-state index contributed by atoms with van der Waals surface area (Å²) in [5.74, 6) is 1.22. The molecule has 1 rings (SSSR count). The fraction of sp³-hybridized carbons (Fsp3) is 0.562. The Bertz CT molecular complexity index is 401. The van der Waals surface area contributed by atoms with Gasteiger partial charge < -0.3 is 15.8 Å². The fourth-order valence-electron chi connectivity index (χ4n) is 1.79. The molecule has 3 N–H and O–H groups in total. The van der Waals surface area contributed by atoms with E-state index in [4.69, 9.17) is 10.5 Å². The average molecular weight is 278 g/mol. The van der Waals surface area contributed by atoms with Gasteiger partial charge >= 0.3 is 0 Å². The number of nitrogens with two attached hydrogens (primary N) is 1. The molecule has 1 atom stereocenters. The monoisotopic (exact) mass is 278 g/mol. The number of benzene rings is 1. The molecule has 4 heteroatoms. The topological polar surface area (TPSA) is 64.3 Å². The number of nitrogens with one attached hydrogen (secondary N) is 1. The van der Waals surface area contributed by atoms with Crippen molar-refractivity contribution in [3.63, 3.8) is 0 Å². The molecule has 0 aliphatic rings. The Morgan fingerprint density at radius 2 is 1.90 bits per heavy atom. The number of hydrogen-bond donors (Lipinski definition) is 2. The van der Waals surface area contributed by atoms with Gasteiger partial charge in [0, 0.05) is 6.54 Å². The van der Waals surface area contributed by atoms with Gasteiger partial charge in [0.1, 0.15) is 5.75 Å². The largest absolute Gasteiger partial charge is 0.481 e. The van der Waals surface area contributed by atoms with Gasteiger partial charge in [-0.25, -0.2) is 0 Å². The highest BCUT2D eigenvalue weighted by Gasteiger charge is 2.14. The van der Waals surface area contributed by atoms with Gasteiger partial charge in [0.25, 0.3) is 5.91 Å². The summed E-state index contributed by atoms with van der Waals surface area (Å²) in [5.41, 5.74) is 6.68. The molecule has 1 aromatic rings. The van der Waals surface area contributed by atoms with E-state index < -0.39 is 6.10 Å². The predicted molar refractivity (Wildman–Crippen MR) is 81.8 cm³/mol. The van der Waals surface area contributed by atoms with Gasteiger partial charge in [0.2, 0.25) is 0 Å². The van der Waals surface area contributed by atoms with Crippen molar-refractivity contribution >= 4 is 5.91 Å². The van der Waals surface area contributed by atoms with Crippen LogP contribution in [-0.2, 0) is 11.2 Å². The van der Waals surface area contributed by atoms with Gasteiger partial charge in [-0.15, -0.1) is 0 Å². The van der Waals surface area contributed by atoms with Crippen molar-refractivity contribution in [2.75, 3.05) is 13.1 Å². The molecule has 1 amide bonds. The van der Waals surface area contributed by atoms with Crippen molar-refractivity contribution in [3.05, 3.63) is 29.8 Å². The van der Waals surface area contributed by atoms with E-state index in [2.05, 4.69) is 19.2 Å². The number of carbonyl (C=O) groups is 1. The zero-order chi connectivity index (χ0) is 15.0. The van der Waals surface area contributed by atoms with E-state index in [0.717, 1.165) is 12.8 Å². The Labute approximate surface area is 121 Å². The molecule has 0 heterocycles. The van der Waals surface area contributed by atoms with E-state index in [0.29, 0.717) is 24.8 Å². The van der Waals surface area contributed by atoms with E-state index in [1.54, 1.807) is 6.92 Å². The number of amides is 1. The highest BCUT2D eigenvalue weighted by Crippen LogP contribution is 2.14. The SMILES string of the molecule is CC(C)CCNC(=O)C(C)Oc1ccc(CCN)cc1. The molecule has 0 aliphatic carbocycles. The van der Waals surface area contributed by atoms with Crippen molar-refractivity contribution in [2.24, 2.45) is 11.7 Å². The average Bonchev–Trinajstić information content (AvgIpc) is 2.40. The van der Waals surface area contributed by atoms with Gasteiger partial charge in [0.05, 0.1) is 0 Å². The number of hydrogen-bond acceptors (Lipinski definition) is 3. The van der Waals surface area contributed by atoms with Gasteiger partial charge in [-0.3, -0.25) is 4.79 Å². The molecule has 20 heavy (non-hydrogen) atoms. The second-order valence-corrected chi connectivity index (χ2v) is 5.42. The highest BCUT2D eigenvalue weighted by molar-refractivity contribution is 5.80. The van der Waals surface area contributed by atoms with Crippen LogP contribution in [-0.4, -0.2) is 25.1 Å². The molecule has 0 radical (unpaired) electrons. The summed E-state index contributed by atoms with van der Waals surface area (Å²) in [7, 11) is 0. The number of ether oxygens (including phenoxy) is 1. The number of carbonyl (C=O) groups excluding carboxylic acids is 1. The lowest BCUT2D eigenvalue weighted by Gasteiger charge is -2.15. The van der Waals surface area contributed by atoms with E-state index in [-0.39, 0.29) is 5.91 Å². The molecule has 1 unspecified atom stereocenters. The minimum absolute atomic E-state index is 0.0725. The standard InChI is InChI=1S/C16H26N2O2/c1-12(2)9-11-18-16(19)13(3)20-15-6-4-14(5-7-15)8-10-17/h4-7,12-13H,8-11,17H2,1-3H3,(H,18,19). The summed E-state index contributed by atoms with van der Waals surface area (Å²) in [6, 6.07) is 7.71. The molecule has 0 saturated heterocycles. The van der Waals surface area contributed by atoms with Gasteiger partial charge in [-0.2, -0.15) is 0 Å². The lowest BCUT2D eigenvalue weighted by atomic mass is 10.1. The third kappa shape index (κ3) is 6.06. The van der Waals surface area contributed by atoms with E-state index in [9.17, 15) is 4.79 Å². The van der Waals surface area contributed by atoms with Crippen LogP contribution >= 0.6 is 0 Å². The Hall–Kier alpha value is -1.55. The normalized spacial score (nSPS) is 12.2. The van der Waals surface area contributed by atoms with Crippen LogP contribution in [0.2, 0.25) is 0 Å². The Morgan fingerprint density at radius 3 is 2.45 bits per heavy atom. The van der Waals surface area contributed by atoms with Crippen molar-refractivity contribution in [3.8, 4) is 5.75 Å². The van der Waals surface area contributed by atoms with E-state index in [1.165, 1.54) is 5.56 Å². The molecule has 0 fully saturated rings. The summed E-state index contributed by atoms with van der Waals surface area (Å²) in [4.78, 5) is 11.8. The summed E-state index contributed by atoms with van der Waals surface area (Å²) in [5, 5.41) is 2.89. The van der Waals surface area contributed by atoms with Crippen molar-refractivity contribution < 1.29 is 9.53 Å². The smallest absolute Gasteiger partial charge is 0.260 e. The second kappa shape index (κ2) is 8.59. The Morgan fingerprint density at radius 1 is 1.25 bits per heavy atom. The summed E-state index contributed by atoms with van der Waals surface area (Å²) in [6.07, 6.45) is 1.35. The van der Waals surface area contributed by atoms with E-state index in [1.807, 2.05) is 24.3 Å². The predicted octanol–water partition coefficient (Wildman–Crippen LogP) is 2.12. The van der Waals surface area contributed by atoms with Gasteiger partial charge in [0.15, 0.2) is 6.10 Å². The summed E-state index contributed by atoms with van der Waals surface area (Å²) < 4.78 is 5.62. The molecule has 4 nitrogen and oxygen atoms in total.